The van der Waals surface area contributed by atoms with Gasteiger partial charge in [0.05, 0.1) is 18.8 Å². The molecule has 1 saturated heterocycles. The molecule has 0 spiro atoms. The predicted octanol–water partition coefficient (Wildman–Crippen LogP) is 2.45. The topological polar surface area (TPSA) is 80.4 Å². The largest absolute Gasteiger partial charge is 0.468 e. The summed E-state index contributed by atoms with van der Waals surface area (Å²) in [6.07, 6.45) is 3.95. The third-order valence-corrected chi connectivity index (χ3v) is 5.18. The minimum absolute atomic E-state index is 0.00771. The molecule has 0 radical (unpaired) electrons. The van der Waals surface area contributed by atoms with Crippen molar-refractivity contribution in [2.24, 2.45) is 0 Å². The Morgan fingerprint density at radius 1 is 1.07 bits per heavy atom. The number of hydrogen-bond acceptors (Lipinski definition) is 5. The van der Waals surface area contributed by atoms with Crippen molar-refractivity contribution in [1.29, 1.82) is 0 Å². The van der Waals surface area contributed by atoms with Gasteiger partial charge in [-0.2, -0.15) is 5.10 Å². The second kappa shape index (κ2) is 8.87. The highest BCUT2D eigenvalue weighted by Crippen LogP contribution is 2.24. The van der Waals surface area contributed by atoms with Crippen molar-refractivity contribution < 1.29 is 9.21 Å². The number of likely N-dealkylation sites (tertiary alicyclic amines) is 1. The molecule has 1 aliphatic heterocycles. The Hall–Kier alpha value is -3.19. The minimum Gasteiger partial charge on any atom is -0.468 e. The number of aromatic nitrogens is 2. The summed E-state index contributed by atoms with van der Waals surface area (Å²) in [4.78, 5) is 27.2. The molecule has 1 aromatic carbocycles. The third kappa shape index (κ3) is 4.63. The molecule has 3 aromatic rings. The van der Waals surface area contributed by atoms with Crippen LogP contribution in [0, 0.1) is 0 Å². The van der Waals surface area contributed by atoms with Crippen LogP contribution in [0.2, 0.25) is 0 Å². The molecule has 0 bridgehead atoms. The first-order chi connectivity index (χ1) is 14.2. The van der Waals surface area contributed by atoms with Crippen LogP contribution in [0.3, 0.4) is 0 Å². The zero-order chi connectivity index (χ0) is 20.1. The monoisotopic (exact) mass is 392 g/mol. The van der Waals surface area contributed by atoms with E-state index >= 15 is 0 Å². The van der Waals surface area contributed by atoms with Crippen LogP contribution in [0.1, 0.15) is 40.7 Å². The maximum Gasteiger partial charge on any atom is 0.271 e. The SMILES string of the molecule is O=C(NCC(c1ccco1)N1CCCC1)c1ccc(=O)n(Cc2ccccc2)n1. The molecule has 1 N–H and O–H groups in total. The van der Waals surface area contributed by atoms with E-state index in [9.17, 15) is 9.59 Å². The van der Waals surface area contributed by atoms with E-state index in [0.29, 0.717) is 13.1 Å². The summed E-state index contributed by atoms with van der Waals surface area (Å²) < 4.78 is 6.91. The van der Waals surface area contributed by atoms with Gasteiger partial charge < -0.3 is 9.73 Å². The first-order valence-corrected chi connectivity index (χ1v) is 9.88. The lowest BCUT2D eigenvalue weighted by Gasteiger charge is -2.25. The molecular weight excluding hydrogens is 368 g/mol. The van der Waals surface area contributed by atoms with Crippen LogP contribution >= 0.6 is 0 Å². The van der Waals surface area contributed by atoms with Crippen molar-refractivity contribution in [2.75, 3.05) is 19.6 Å². The summed E-state index contributed by atoms with van der Waals surface area (Å²) >= 11 is 0. The molecular formula is C22H24N4O3. The Labute approximate surface area is 169 Å². The molecule has 150 valence electrons. The smallest absolute Gasteiger partial charge is 0.271 e. The van der Waals surface area contributed by atoms with Gasteiger partial charge >= 0.3 is 0 Å². The Kier molecular flexibility index (Phi) is 5.86. The third-order valence-electron chi connectivity index (χ3n) is 5.18. The van der Waals surface area contributed by atoms with Crippen LogP contribution in [0.25, 0.3) is 0 Å². The first-order valence-electron chi connectivity index (χ1n) is 9.88. The van der Waals surface area contributed by atoms with Crippen molar-refractivity contribution in [1.82, 2.24) is 20.0 Å². The molecule has 7 heteroatoms. The summed E-state index contributed by atoms with van der Waals surface area (Å²) in [6.45, 7) is 2.72. The number of amides is 1. The average molecular weight is 392 g/mol. The Balaban J connectivity index is 1.46. The number of hydrogen-bond donors (Lipinski definition) is 1. The molecule has 1 amide bonds. The van der Waals surface area contributed by atoms with E-state index in [4.69, 9.17) is 4.42 Å². The standard InChI is InChI=1S/C22H24N4O3/c27-21-11-10-18(24-26(21)16-17-7-2-1-3-8-17)22(28)23-15-19(20-9-6-14-29-20)25-12-4-5-13-25/h1-3,6-11,14,19H,4-5,12-13,15-16H2,(H,23,28). The molecule has 29 heavy (non-hydrogen) atoms. The van der Waals surface area contributed by atoms with Gasteiger partial charge in [-0.05, 0) is 49.7 Å². The second-order valence-electron chi connectivity index (χ2n) is 7.18. The van der Waals surface area contributed by atoms with Crippen LogP contribution in [-0.4, -0.2) is 40.2 Å². The van der Waals surface area contributed by atoms with E-state index in [2.05, 4.69) is 15.3 Å². The lowest BCUT2D eigenvalue weighted by molar-refractivity contribution is 0.0926. The first kappa shape index (κ1) is 19.1. The molecule has 1 fully saturated rings. The van der Waals surface area contributed by atoms with Crippen LogP contribution in [0.5, 0.6) is 0 Å². The molecule has 0 aliphatic carbocycles. The zero-order valence-corrected chi connectivity index (χ0v) is 16.2. The second-order valence-corrected chi connectivity index (χ2v) is 7.18. The van der Waals surface area contributed by atoms with E-state index in [-0.39, 0.29) is 23.2 Å². The summed E-state index contributed by atoms with van der Waals surface area (Å²) in [6, 6.07) is 16.2. The highest BCUT2D eigenvalue weighted by molar-refractivity contribution is 5.92. The number of nitrogens with one attached hydrogen (secondary N) is 1. The molecule has 4 rings (SSSR count). The molecule has 1 atom stereocenters. The maximum atomic E-state index is 12.7. The van der Waals surface area contributed by atoms with E-state index in [0.717, 1.165) is 37.3 Å². The fourth-order valence-electron chi connectivity index (χ4n) is 3.66. The van der Waals surface area contributed by atoms with Crippen LogP contribution in [0.4, 0.5) is 0 Å². The number of furan rings is 1. The van der Waals surface area contributed by atoms with Gasteiger partial charge in [0.2, 0.25) is 0 Å². The van der Waals surface area contributed by atoms with E-state index < -0.39 is 0 Å². The number of carbonyl (C=O) groups excluding carboxylic acids is 1. The summed E-state index contributed by atoms with van der Waals surface area (Å²) in [5, 5.41) is 7.22. The molecule has 1 unspecified atom stereocenters. The van der Waals surface area contributed by atoms with Gasteiger partial charge in [0.25, 0.3) is 11.5 Å². The molecule has 3 heterocycles. The van der Waals surface area contributed by atoms with Gasteiger partial charge in [-0.3, -0.25) is 14.5 Å². The Morgan fingerprint density at radius 3 is 2.59 bits per heavy atom. The highest BCUT2D eigenvalue weighted by Gasteiger charge is 2.26. The summed E-state index contributed by atoms with van der Waals surface area (Å²) in [5.41, 5.74) is 0.933. The van der Waals surface area contributed by atoms with Gasteiger partial charge in [0.1, 0.15) is 11.5 Å². The van der Waals surface area contributed by atoms with Gasteiger partial charge in [-0.15, -0.1) is 0 Å². The number of rotatable bonds is 7. The fraction of sp³-hybridized carbons (Fsp3) is 0.318. The van der Waals surface area contributed by atoms with E-state index in [1.807, 2.05) is 42.5 Å². The number of nitrogens with zero attached hydrogens (tertiary/aromatic N) is 3. The van der Waals surface area contributed by atoms with Crippen LogP contribution < -0.4 is 10.9 Å². The quantitative estimate of drug-likeness (QED) is 0.668. The van der Waals surface area contributed by atoms with Crippen molar-refractivity contribution in [3.05, 3.63) is 88.2 Å². The highest BCUT2D eigenvalue weighted by atomic mass is 16.3. The zero-order valence-electron chi connectivity index (χ0n) is 16.2. The van der Waals surface area contributed by atoms with Crippen molar-refractivity contribution in [2.45, 2.75) is 25.4 Å². The van der Waals surface area contributed by atoms with Gasteiger partial charge in [-0.1, -0.05) is 30.3 Å². The summed E-state index contributed by atoms with van der Waals surface area (Å²) in [5.74, 6) is 0.539. The van der Waals surface area contributed by atoms with Gasteiger partial charge in [0.15, 0.2) is 0 Å². The normalized spacial score (nSPS) is 15.3. The molecule has 1 aliphatic rings. The van der Waals surface area contributed by atoms with Crippen LogP contribution in [0.15, 0.2) is 70.1 Å². The maximum absolute atomic E-state index is 12.7. The number of carbonyl (C=O) groups is 1. The van der Waals surface area contributed by atoms with Crippen molar-refractivity contribution >= 4 is 5.91 Å². The Morgan fingerprint density at radius 2 is 1.86 bits per heavy atom. The fourth-order valence-corrected chi connectivity index (χ4v) is 3.66. The lowest BCUT2D eigenvalue weighted by atomic mass is 10.2. The minimum atomic E-state index is -0.303. The Bertz CT molecular complexity index is 992. The number of benzene rings is 1. The average Bonchev–Trinajstić information content (AvgIpc) is 3.45. The van der Waals surface area contributed by atoms with Crippen molar-refractivity contribution in [3.8, 4) is 0 Å². The van der Waals surface area contributed by atoms with Gasteiger partial charge in [-0.25, -0.2) is 4.68 Å². The van der Waals surface area contributed by atoms with Gasteiger partial charge in [0, 0.05) is 12.6 Å². The predicted molar refractivity (Wildman–Crippen MR) is 109 cm³/mol. The summed E-state index contributed by atoms with van der Waals surface area (Å²) in [7, 11) is 0. The lowest BCUT2D eigenvalue weighted by Crippen LogP contribution is -2.37. The van der Waals surface area contributed by atoms with Crippen LogP contribution in [-0.2, 0) is 6.54 Å². The van der Waals surface area contributed by atoms with E-state index in [1.165, 1.54) is 16.8 Å². The van der Waals surface area contributed by atoms with Crippen molar-refractivity contribution in [3.63, 3.8) is 0 Å². The molecule has 7 nitrogen and oxygen atoms in total. The molecule has 2 aromatic heterocycles. The molecule has 0 saturated carbocycles. The van der Waals surface area contributed by atoms with E-state index in [1.54, 1.807) is 6.26 Å².